The fourth-order valence-electron chi connectivity index (χ4n) is 5.98. The van der Waals surface area contributed by atoms with E-state index >= 15 is 0 Å². The van der Waals surface area contributed by atoms with E-state index in [2.05, 4.69) is 0 Å². The average Bonchev–Trinajstić information content (AvgIpc) is 3.17. The van der Waals surface area contributed by atoms with E-state index in [0.717, 1.165) is 16.7 Å². The number of aliphatic imine (C=N–C) groups is 6. The number of hydrogen-bond donors (Lipinski definition) is 3. The predicted molar refractivity (Wildman–Crippen MR) is 221 cm³/mol. The molecule has 0 saturated heterocycles. The third-order valence-electron chi connectivity index (χ3n) is 8.64. The van der Waals surface area contributed by atoms with Gasteiger partial charge in [-0.25, -0.2) is 0 Å². The minimum atomic E-state index is 0.0207. The van der Waals surface area contributed by atoms with E-state index in [1.165, 1.54) is 0 Å². The fourth-order valence-corrected chi connectivity index (χ4v) is 5.98. The van der Waals surface area contributed by atoms with Crippen molar-refractivity contribution in [1.82, 2.24) is 0 Å². The van der Waals surface area contributed by atoms with E-state index in [1.54, 1.807) is 37.3 Å². The van der Waals surface area contributed by atoms with Gasteiger partial charge in [-0.1, -0.05) is 36.4 Å². The van der Waals surface area contributed by atoms with Crippen LogP contribution in [0, 0.1) is 20.8 Å². The van der Waals surface area contributed by atoms with Gasteiger partial charge in [0.2, 0.25) is 0 Å². The largest absolute Gasteiger partial charge is 0.507 e. The molecule has 54 heavy (non-hydrogen) atoms. The zero-order chi connectivity index (χ0) is 37.6. The zero-order valence-corrected chi connectivity index (χ0v) is 29.9. The van der Waals surface area contributed by atoms with Crippen molar-refractivity contribution >= 4 is 71.4 Å². The number of para-hydroxylation sites is 6. The molecular weight excluding hydrogens is 673 g/mol. The molecule has 3 N–H and O–H groups in total. The maximum absolute atomic E-state index is 11.3. The van der Waals surface area contributed by atoms with Gasteiger partial charge in [-0.15, -0.1) is 0 Å². The van der Waals surface area contributed by atoms with Gasteiger partial charge < -0.3 is 15.3 Å². The zero-order valence-electron chi connectivity index (χ0n) is 29.9. The van der Waals surface area contributed by atoms with Gasteiger partial charge in [-0.05, 0) is 110 Å². The summed E-state index contributed by atoms with van der Waals surface area (Å²) >= 11 is 0. The monoisotopic (exact) mass is 708 g/mol. The number of rotatable bonds is 0. The maximum atomic E-state index is 11.3. The normalized spacial score (nSPS) is 12.5. The van der Waals surface area contributed by atoms with Crippen LogP contribution in [0.1, 0.15) is 50.1 Å². The van der Waals surface area contributed by atoms with Crippen LogP contribution in [0.2, 0.25) is 0 Å². The summed E-state index contributed by atoms with van der Waals surface area (Å²) in [7, 11) is 0. The van der Waals surface area contributed by atoms with Crippen molar-refractivity contribution in [2.75, 3.05) is 0 Å². The van der Waals surface area contributed by atoms with Crippen LogP contribution in [0.25, 0.3) is 0 Å². The molecule has 0 spiro atoms. The van der Waals surface area contributed by atoms with Gasteiger partial charge in [0.1, 0.15) is 17.2 Å². The Morgan fingerprint density at radius 2 is 0.463 bits per heavy atom. The molecule has 0 aromatic heterocycles. The molecular formula is C45H36N6O3. The van der Waals surface area contributed by atoms with E-state index in [0.29, 0.717) is 67.5 Å². The number of phenolic OH excluding ortho intramolecular Hbond substituents is 3. The Morgan fingerprint density at radius 3 is 0.630 bits per heavy atom. The van der Waals surface area contributed by atoms with Crippen LogP contribution in [0.4, 0.5) is 34.1 Å². The quantitative estimate of drug-likeness (QED) is 0.145. The van der Waals surface area contributed by atoms with E-state index in [4.69, 9.17) is 30.0 Å². The molecule has 0 radical (unpaired) electrons. The number of aryl methyl sites for hydroxylation is 3. The summed E-state index contributed by atoms with van der Waals surface area (Å²) < 4.78 is 0. The standard InChI is InChI=1S/C45H36N6O3/c1-28-16-31-22-46-37-10-4-6-12-39(37)48-24-33-18-29(2)20-35(44(33)53)26-50-41-14-8-9-15-42(41)51-27-36-21-30(3)19-34(45(36)54)25-49-40-13-7-5-11-38(40)47-23-32(17-28)43(31)52/h4-27,52-54H,1-3H3. The first kappa shape index (κ1) is 35.2. The summed E-state index contributed by atoms with van der Waals surface area (Å²) in [5.41, 5.74) is 9.23. The summed E-state index contributed by atoms with van der Waals surface area (Å²) in [5.74, 6) is 0.0620. The molecule has 0 fully saturated rings. The summed E-state index contributed by atoms with van der Waals surface area (Å²) in [6.45, 7) is 5.81. The molecule has 0 saturated carbocycles. The highest BCUT2D eigenvalue weighted by Gasteiger charge is 2.11. The van der Waals surface area contributed by atoms with E-state index in [9.17, 15) is 15.3 Å². The third-order valence-corrected chi connectivity index (χ3v) is 8.64. The Labute approximate surface area is 313 Å². The maximum Gasteiger partial charge on any atom is 0.133 e. The lowest BCUT2D eigenvalue weighted by Crippen LogP contribution is -1.92. The summed E-state index contributed by atoms with van der Waals surface area (Å²) in [4.78, 5) is 28.2. The third kappa shape index (κ3) is 7.95. The minimum absolute atomic E-state index is 0.0207. The van der Waals surface area contributed by atoms with Gasteiger partial charge in [-0.3, -0.25) is 30.0 Å². The summed E-state index contributed by atoms with van der Waals surface area (Å²) in [6.07, 6.45) is 9.59. The second-order valence-electron chi connectivity index (χ2n) is 12.9. The van der Waals surface area contributed by atoms with E-state index in [1.807, 2.05) is 130 Å². The first-order valence-corrected chi connectivity index (χ1v) is 17.2. The predicted octanol–water partition coefficient (Wildman–Crippen LogP) is 10.5. The average molecular weight is 709 g/mol. The van der Waals surface area contributed by atoms with E-state index < -0.39 is 0 Å². The molecule has 9 nitrogen and oxygen atoms in total. The molecule has 7 rings (SSSR count). The topological polar surface area (TPSA) is 135 Å². The lowest BCUT2D eigenvalue weighted by Gasteiger charge is -2.07. The van der Waals surface area contributed by atoms with Crippen molar-refractivity contribution in [2.24, 2.45) is 30.0 Å². The van der Waals surface area contributed by atoms with Crippen molar-refractivity contribution in [3.05, 3.63) is 159 Å². The molecule has 264 valence electrons. The van der Waals surface area contributed by atoms with Crippen molar-refractivity contribution in [1.29, 1.82) is 0 Å². The Bertz CT molecular complexity index is 2140. The van der Waals surface area contributed by atoms with Gasteiger partial charge in [0.15, 0.2) is 0 Å². The van der Waals surface area contributed by atoms with Crippen LogP contribution in [-0.4, -0.2) is 52.6 Å². The Kier molecular flexibility index (Phi) is 10.1. The molecule has 6 aromatic rings. The second-order valence-corrected chi connectivity index (χ2v) is 12.9. The molecule has 0 aliphatic carbocycles. The van der Waals surface area contributed by atoms with Gasteiger partial charge in [0, 0.05) is 70.7 Å². The van der Waals surface area contributed by atoms with Crippen LogP contribution in [0.5, 0.6) is 17.2 Å². The molecule has 6 bridgehead atoms. The first-order valence-electron chi connectivity index (χ1n) is 17.2. The van der Waals surface area contributed by atoms with Crippen molar-refractivity contribution in [3.63, 3.8) is 0 Å². The molecule has 0 unspecified atom stereocenters. The van der Waals surface area contributed by atoms with Crippen molar-refractivity contribution < 1.29 is 15.3 Å². The van der Waals surface area contributed by atoms with Crippen molar-refractivity contribution in [3.8, 4) is 17.2 Å². The van der Waals surface area contributed by atoms with Crippen molar-refractivity contribution in [2.45, 2.75) is 20.8 Å². The number of fused-ring (bicyclic) bond motifs is 9. The Hall–Kier alpha value is -7.26. The van der Waals surface area contributed by atoms with Crippen LogP contribution in [0.3, 0.4) is 0 Å². The fraction of sp³-hybridized carbons (Fsp3) is 0.0667. The number of aromatic hydroxyl groups is 3. The van der Waals surface area contributed by atoms with Gasteiger partial charge in [0.25, 0.3) is 0 Å². The van der Waals surface area contributed by atoms with Gasteiger partial charge >= 0.3 is 0 Å². The minimum Gasteiger partial charge on any atom is -0.507 e. The SMILES string of the molecule is Cc1cc2c(O)c(c1)C=Nc1ccccc1N=Cc1cc(C)cc(c1O)C=Nc1ccccc1N=Cc1cc(C)cc(c1O)C=Nc1ccccc1N=C2. The molecule has 9 heteroatoms. The summed E-state index contributed by atoms with van der Waals surface area (Å²) in [5, 5.41) is 33.9. The van der Waals surface area contributed by atoms with Crippen LogP contribution >= 0.6 is 0 Å². The highest BCUT2D eigenvalue weighted by molar-refractivity contribution is 5.98. The number of phenols is 3. The molecule has 0 atom stereocenters. The second kappa shape index (κ2) is 15.5. The van der Waals surface area contributed by atoms with Gasteiger partial charge in [0.05, 0.1) is 34.1 Å². The Morgan fingerprint density at radius 1 is 0.296 bits per heavy atom. The summed E-state index contributed by atoms with van der Waals surface area (Å²) in [6, 6.07) is 33.2. The molecule has 6 aromatic carbocycles. The van der Waals surface area contributed by atoms with Crippen LogP contribution < -0.4 is 0 Å². The molecule has 1 aliphatic rings. The lowest BCUT2D eigenvalue weighted by atomic mass is 10.1. The molecule has 0 amide bonds. The smallest absolute Gasteiger partial charge is 0.133 e. The highest BCUT2D eigenvalue weighted by atomic mass is 16.3. The molecule has 1 aliphatic heterocycles. The lowest BCUT2D eigenvalue weighted by molar-refractivity contribution is 0.473. The van der Waals surface area contributed by atoms with Crippen LogP contribution in [-0.2, 0) is 0 Å². The number of nitrogens with zero attached hydrogens (tertiary/aromatic N) is 6. The number of hydrogen-bond acceptors (Lipinski definition) is 9. The first-order chi connectivity index (χ1) is 26.2. The number of benzene rings is 6. The Balaban J connectivity index is 1.38. The van der Waals surface area contributed by atoms with Gasteiger partial charge in [-0.2, -0.15) is 0 Å². The molecule has 1 heterocycles. The van der Waals surface area contributed by atoms with E-state index in [-0.39, 0.29) is 17.2 Å². The highest BCUT2D eigenvalue weighted by Crippen LogP contribution is 2.33. The van der Waals surface area contributed by atoms with Crippen LogP contribution in [0.15, 0.2) is 139 Å².